The van der Waals surface area contributed by atoms with E-state index in [2.05, 4.69) is 10.4 Å². The van der Waals surface area contributed by atoms with Crippen molar-refractivity contribution in [1.29, 1.82) is 0 Å². The first kappa shape index (κ1) is 16.7. The van der Waals surface area contributed by atoms with Crippen LogP contribution in [0.25, 0.3) is 5.69 Å². The fourth-order valence-corrected chi connectivity index (χ4v) is 2.05. The highest BCUT2D eigenvalue weighted by atomic mass is 16.5. The molecule has 0 fully saturated rings. The average molecular weight is 316 g/mol. The van der Waals surface area contributed by atoms with Crippen molar-refractivity contribution in [3.63, 3.8) is 0 Å². The first-order valence-corrected chi connectivity index (χ1v) is 7.32. The smallest absolute Gasteiger partial charge is 0.341 e. The summed E-state index contributed by atoms with van der Waals surface area (Å²) in [5, 5.41) is 6.95. The summed E-state index contributed by atoms with van der Waals surface area (Å²) in [6.07, 6.45) is 1.47. The number of hydrogen-bond donors (Lipinski definition) is 2. The van der Waals surface area contributed by atoms with Crippen molar-refractivity contribution in [3.05, 3.63) is 41.7 Å². The molecule has 0 radical (unpaired) electrons. The first-order chi connectivity index (χ1) is 10.9. The molecule has 2 aromatic rings. The van der Waals surface area contributed by atoms with Crippen LogP contribution in [0.1, 0.15) is 29.9 Å². The molecule has 0 unspecified atom stereocenters. The molecule has 1 atom stereocenters. The summed E-state index contributed by atoms with van der Waals surface area (Å²) in [4.78, 5) is 23.5. The Balaban J connectivity index is 2.29. The van der Waals surface area contributed by atoms with Gasteiger partial charge in [-0.2, -0.15) is 5.10 Å². The molecule has 1 heterocycles. The van der Waals surface area contributed by atoms with Crippen LogP contribution in [-0.2, 0) is 9.53 Å². The van der Waals surface area contributed by atoms with E-state index in [4.69, 9.17) is 10.5 Å². The van der Waals surface area contributed by atoms with Gasteiger partial charge in [0, 0.05) is 5.69 Å². The second kappa shape index (κ2) is 7.06. The summed E-state index contributed by atoms with van der Waals surface area (Å²) in [5.41, 5.74) is 7.95. The summed E-state index contributed by atoms with van der Waals surface area (Å²) in [6, 6.07) is 6.54. The lowest BCUT2D eigenvalue weighted by molar-refractivity contribution is -0.117. The maximum Gasteiger partial charge on any atom is 0.341 e. The van der Waals surface area contributed by atoms with Gasteiger partial charge in [0.25, 0.3) is 0 Å². The van der Waals surface area contributed by atoms with E-state index in [0.29, 0.717) is 23.6 Å². The second-order valence-corrected chi connectivity index (χ2v) is 5.10. The standard InChI is InChI=1S/C16H20N4O3/c1-4-23-16(22)14-9-18-20(11(14)3)13-7-5-6-12(8-13)19-15(21)10(2)17/h5-10H,4,17H2,1-3H3,(H,19,21)/t10-/m0/s1. The van der Waals surface area contributed by atoms with Gasteiger partial charge in [0.15, 0.2) is 0 Å². The highest BCUT2D eigenvalue weighted by Crippen LogP contribution is 2.18. The number of benzene rings is 1. The van der Waals surface area contributed by atoms with Gasteiger partial charge in [0.1, 0.15) is 5.56 Å². The third-order valence-corrected chi connectivity index (χ3v) is 3.28. The van der Waals surface area contributed by atoms with Gasteiger partial charge in [0.05, 0.1) is 30.2 Å². The number of carbonyl (C=O) groups is 2. The number of carbonyl (C=O) groups excluding carboxylic acids is 2. The lowest BCUT2D eigenvalue weighted by Gasteiger charge is -2.10. The van der Waals surface area contributed by atoms with Crippen LogP contribution in [-0.4, -0.2) is 34.3 Å². The number of anilines is 1. The van der Waals surface area contributed by atoms with Crippen molar-refractivity contribution in [2.45, 2.75) is 26.8 Å². The molecule has 7 heteroatoms. The molecule has 122 valence electrons. The van der Waals surface area contributed by atoms with Gasteiger partial charge in [-0.15, -0.1) is 0 Å². The van der Waals surface area contributed by atoms with Crippen molar-refractivity contribution in [3.8, 4) is 5.69 Å². The lowest BCUT2D eigenvalue weighted by Crippen LogP contribution is -2.32. The fraction of sp³-hybridized carbons (Fsp3) is 0.312. The molecular weight excluding hydrogens is 296 g/mol. The van der Waals surface area contributed by atoms with Crippen LogP contribution in [0, 0.1) is 6.92 Å². The molecule has 0 bridgehead atoms. The normalized spacial score (nSPS) is 11.8. The first-order valence-electron chi connectivity index (χ1n) is 7.32. The Kier molecular flexibility index (Phi) is 5.13. The zero-order chi connectivity index (χ0) is 17.0. The summed E-state index contributed by atoms with van der Waals surface area (Å²) in [5.74, 6) is -0.677. The number of amides is 1. The molecule has 0 aliphatic carbocycles. The van der Waals surface area contributed by atoms with Gasteiger partial charge in [-0.25, -0.2) is 9.48 Å². The average Bonchev–Trinajstić information content (AvgIpc) is 2.89. The Morgan fingerprint density at radius 3 is 2.83 bits per heavy atom. The van der Waals surface area contributed by atoms with Crippen molar-refractivity contribution in [2.24, 2.45) is 5.73 Å². The molecule has 0 spiro atoms. The number of aromatic nitrogens is 2. The van der Waals surface area contributed by atoms with E-state index in [1.807, 2.05) is 6.07 Å². The Bertz CT molecular complexity index is 722. The predicted octanol–water partition coefficient (Wildman–Crippen LogP) is 1.64. The van der Waals surface area contributed by atoms with Gasteiger partial charge < -0.3 is 15.8 Å². The zero-order valence-corrected chi connectivity index (χ0v) is 13.4. The number of esters is 1. The van der Waals surface area contributed by atoms with E-state index in [9.17, 15) is 9.59 Å². The highest BCUT2D eigenvalue weighted by Gasteiger charge is 2.16. The van der Waals surface area contributed by atoms with Crippen molar-refractivity contribution in [1.82, 2.24) is 9.78 Å². The molecule has 3 N–H and O–H groups in total. The van der Waals surface area contributed by atoms with Crippen LogP contribution in [0.2, 0.25) is 0 Å². The van der Waals surface area contributed by atoms with E-state index in [1.165, 1.54) is 6.20 Å². The third kappa shape index (κ3) is 3.75. The number of nitrogens with one attached hydrogen (secondary N) is 1. The molecular formula is C16H20N4O3. The van der Waals surface area contributed by atoms with Crippen LogP contribution in [0.4, 0.5) is 5.69 Å². The van der Waals surface area contributed by atoms with E-state index < -0.39 is 12.0 Å². The van der Waals surface area contributed by atoms with Crippen LogP contribution >= 0.6 is 0 Å². The molecule has 0 aliphatic heterocycles. The van der Waals surface area contributed by atoms with Crippen LogP contribution in [0.15, 0.2) is 30.5 Å². The Labute approximate surface area is 134 Å². The summed E-state index contributed by atoms with van der Waals surface area (Å²) < 4.78 is 6.62. The molecule has 23 heavy (non-hydrogen) atoms. The van der Waals surface area contributed by atoms with Crippen LogP contribution in [0.3, 0.4) is 0 Å². The molecule has 7 nitrogen and oxygen atoms in total. The van der Waals surface area contributed by atoms with Gasteiger partial charge in [-0.1, -0.05) is 6.07 Å². The van der Waals surface area contributed by atoms with E-state index in [1.54, 1.807) is 43.7 Å². The Morgan fingerprint density at radius 2 is 2.17 bits per heavy atom. The van der Waals surface area contributed by atoms with E-state index in [0.717, 1.165) is 5.69 Å². The van der Waals surface area contributed by atoms with Crippen molar-refractivity contribution < 1.29 is 14.3 Å². The number of ether oxygens (including phenoxy) is 1. The number of rotatable bonds is 5. The minimum Gasteiger partial charge on any atom is -0.462 e. The summed E-state index contributed by atoms with van der Waals surface area (Å²) >= 11 is 0. The minimum absolute atomic E-state index is 0.272. The second-order valence-electron chi connectivity index (χ2n) is 5.10. The van der Waals surface area contributed by atoms with Crippen molar-refractivity contribution >= 4 is 17.6 Å². The van der Waals surface area contributed by atoms with E-state index in [-0.39, 0.29) is 5.91 Å². The number of nitrogens with zero attached hydrogens (tertiary/aromatic N) is 2. The highest BCUT2D eigenvalue weighted by molar-refractivity contribution is 5.94. The number of hydrogen-bond acceptors (Lipinski definition) is 5. The van der Waals surface area contributed by atoms with Gasteiger partial charge >= 0.3 is 5.97 Å². The molecule has 1 aromatic carbocycles. The van der Waals surface area contributed by atoms with E-state index >= 15 is 0 Å². The molecule has 1 amide bonds. The summed E-state index contributed by atoms with van der Waals surface area (Å²) in [6.45, 7) is 5.46. The minimum atomic E-state index is -0.597. The lowest BCUT2D eigenvalue weighted by atomic mass is 10.2. The third-order valence-electron chi connectivity index (χ3n) is 3.28. The van der Waals surface area contributed by atoms with Crippen molar-refractivity contribution in [2.75, 3.05) is 11.9 Å². The topological polar surface area (TPSA) is 99.2 Å². The maximum atomic E-state index is 11.9. The van der Waals surface area contributed by atoms with Gasteiger partial charge in [0.2, 0.25) is 5.91 Å². The molecule has 0 aliphatic rings. The van der Waals surface area contributed by atoms with Gasteiger partial charge in [-0.05, 0) is 39.0 Å². The van der Waals surface area contributed by atoms with Gasteiger partial charge in [-0.3, -0.25) is 4.79 Å². The fourth-order valence-electron chi connectivity index (χ4n) is 2.05. The molecule has 2 rings (SSSR count). The molecule has 0 saturated carbocycles. The number of nitrogens with two attached hydrogens (primary N) is 1. The molecule has 1 aromatic heterocycles. The SMILES string of the molecule is CCOC(=O)c1cnn(-c2cccc(NC(=O)[C@H](C)N)c2)c1C. The summed E-state index contributed by atoms with van der Waals surface area (Å²) in [7, 11) is 0. The quantitative estimate of drug-likeness (QED) is 0.817. The Hall–Kier alpha value is -2.67. The zero-order valence-electron chi connectivity index (χ0n) is 13.4. The Morgan fingerprint density at radius 1 is 1.43 bits per heavy atom. The van der Waals surface area contributed by atoms with Crippen LogP contribution in [0.5, 0.6) is 0 Å². The largest absolute Gasteiger partial charge is 0.462 e. The van der Waals surface area contributed by atoms with Crippen LogP contribution < -0.4 is 11.1 Å². The monoisotopic (exact) mass is 316 g/mol. The maximum absolute atomic E-state index is 11.9. The molecule has 0 saturated heterocycles. The predicted molar refractivity (Wildman–Crippen MR) is 86.5 cm³/mol.